The standard InChI is InChI=1S/C26H22N4O4/c1-17-5-3-7-23-27-21(13-29(17)23)25(31)33-15-19-9-11-20(12-10-19)16-34-26(32)22-14-30-18(2)6-4-8-24(30)28-22/h3-14H,15-16H2,1-2H3. The van der Waals surface area contributed by atoms with Crippen molar-refractivity contribution in [2.45, 2.75) is 27.1 Å². The smallest absolute Gasteiger partial charge is 0.358 e. The lowest BCUT2D eigenvalue weighted by Gasteiger charge is -2.06. The van der Waals surface area contributed by atoms with Gasteiger partial charge in [0, 0.05) is 23.8 Å². The van der Waals surface area contributed by atoms with E-state index in [1.165, 1.54) is 0 Å². The predicted octanol–water partition coefficient (Wildman–Crippen LogP) is 4.31. The Labute approximate surface area is 195 Å². The number of carbonyl (C=O) groups is 2. The van der Waals surface area contributed by atoms with Crippen LogP contribution in [-0.4, -0.2) is 30.7 Å². The summed E-state index contributed by atoms with van der Waals surface area (Å²) < 4.78 is 14.5. The van der Waals surface area contributed by atoms with Crippen molar-refractivity contribution in [2.24, 2.45) is 0 Å². The monoisotopic (exact) mass is 454 g/mol. The molecule has 1 aromatic carbocycles. The van der Waals surface area contributed by atoms with Gasteiger partial charge < -0.3 is 18.3 Å². The van der Waals surface area contributed by atoms with E-state index in [1.807, 2.05) is 83.3 Å². The SMILES string of the molecule is Cc1cccc2nc(C(=O)OCc3ccc(COC(=O)c4cn5c(C)cccc5n4)cc3)cn12. The molecule has 0 unspecified atom stereocenters. The third kappa shape index (κ3) is 4.25. The van der Waals surface area contributed by atoms with E-state index in [-0.39, 0.29) is 24.6 Å². The van der Waals surface area contributed by atoms with Gasteiger partial charge >= 0.3 is 11.9 Å². The third-order valence-corrected chi connectivity index (χ3v) is 5.57. The minimum atomic E-state index is -0.483. The Balaban J connectivity index is 1.16. The molecule has 8 heteroatoms. The lowest BCUT2D eigenvalue weighted by atomic mass is 10.1. The van der Waals surface area contributed by atoms with Crippen molar-refractivity contribution in [1.82, 2.24) is 18.8 Å². The first-order valence-corrected chi connectivity index (χ1v) is 10.8. The highest BCUT2D eigenvalue weighted by atomic mass is 16.5. The molecule has 0 aliphatic rings. The second-order valence-corrected chi connectivity index (χ2v) is 8.01. The van der Waals surface area contributed by atoms with Crippen LogP contribution >= 0.6 is 0 Å². The molecule has 0 saturated heterocycles. The molecule has 4 heterocycles. The molecule has 0 bridgehead atoms. The summed E-state index contributed by atoms with van der Waals surface area (Å²) in [5, 5.41) is 0. The number of rotatable bonds is 6. The highest BCUT2D eigenvalue weighted by Gasteiger charge is 2.14. The van der Waals surface area contributed by atoms with Crippen LogP contribution in [0.5, 0.6) is 0 Å². The molecule has 0 radical (unpaired) electrons. The first-order chi connectivity index (χ1) is 16.5. The minimum Gasteiger partial charge on any atom is -0.456 e. The summed E-state index contributed by atoms with van der Waals surface area (Å²) in [5.41, 5.74) is 5.53. The second-order valence-electron chi connectivity index (χ2n) is 8.01. The van der Waals surface area contributed by atoms with Crippen LogP contribution < -0.4 is 0 Å². The van der Waals surface area contributed by atoms with Crippen LogP contribution in [0.2, 0.25) is 0 Å². The number of pyridine rings is 2. The second kappa shape index (κ2) is 8.82. The Hall–Kier alpha value is -4.46. The number of hydrogen-bond acceptors (Lipinski definition) is 6. The molecule has 0 aliphatic carbocycles. The molecule has 5 aromatic rings. The summed E-state index contributed by atoms with van der Waals surface area (Å²) in [6, 6.07) is 18.7. The van der Waals surface area contributed by atoms with Gasteiger partial charge in [0.25, 0.3) is 0 Å². The van der Waals surface area contributed by atoms with E-state index in [9.17, 15) is 9.59 Å². The lowest BCUT2D eigenvalue weighted by molar-refractivity contribution is 0.0454. The number of esters is 2. The molecular weight excluding hydrogens is 432 g/mol. The Morgan fingerprint density at radius 3 is 1.47 bits per heavy atom. The van der Waals surface area contributed by atoms with Crippen LogP contribution in [-0.2, 0) is 22.7 Å². The van der Waals surface area contributed by atoms with E-state index in [0.29, 0.717) is 11.3 Å². The van der Waals surface area contributed by atoms with E-state index in [2.05, 4.69) is 9.97 Å². The first-order valence-electron chi connectivity index (χ1n) is 10.8. The highest BCUT2D eigenvalue weighted by Crippen LogP contribution is 2.13. The van der Waals surface area contributed by atoms with Crippen LogP contribution in [0.25, 0.3) is 11.3 Å². The molecule has 0 amide bonds. The summed E-state index contributed by atoms with van der Waals surface area (Å²) in [6.07, 6.45) is 3.35. The Kier molecular flexibility index (Phi) is 5.55. The van der Waals surface area contributed by atoms with Crippen molar-refractivity contribution in [3.05, 3.63) is 107 Å². The number of nitrogens with zero attached hydrogens (tertiary/aromatic N) is 4. The number of aromatic nitrogens is 4. The van der Waals surface area contributed by atoms with E-state index in [4.69, 9.17) is 9.47 Å². The number of fused-ring (bicyclic) bond motifs is 2. The third-order valence-electron chi connectivity index (χ3n) is 5.57. The molecular formula is C26H22N4O4. The van der Waals surface area contributed by atoms with Crippen LogP contribution in [0.1, 0.15) is 43.5 Å². The van der Waals surface area contributed by atoms with Gasteiger partial charge in [-0.3, -0.25) is 0 Å². The number of imidazole rings is 2. The van der Waals surface area contributed by atoms with Gasteiger partial charge in [0.05, 0.1) is 0 Å². The highest BCUT2D eigenvalue weighted by molar-refractivity contribution is 5.88. The van der Waals surface area contributed by atoms with E-state index in [1.54, 1.807) is 12.4 Å². The maximum Gasteiger partial charge on any atom is 0.358 e. The van der Waals surface area contributed by atoms with Crippen LogP contribution in [0.3, 0.4) is 0 Å². The topological polar surface area (TPSA) is 87.2 Å². The van der Waals surface area contributed by atoms with Crippen molar-refractivity contribution in [1.29, 1.82) is 0 Å². The van der Waals surface area contributed by atoms with Gasteiger partial charge in [-0.15, -0.1) is 0 Å². The molecule has 0 atom stereocenters. The van der Waals surface area contributed by atoms with Gasteiger partial charge in [0.2, 0.25) is 0 Å². The van der Waals surface area contributed by atoms with Gasteiger partial charge in [-0.25, -0.2) is 19.6 Å². The summed E-state index contributed by atoms with van der Waals surface area (Å²) in [7, 11) is 0. The number of benzene rings is 1. The fraction of sp³-hybridized carbons (Fsp3) is 0.154. The quantitative estimate of drug-likeness (QED) is 0.355. The summed E-state index contributed by atoms with van der Waals surface area (Å²) in [4.78, 5) is 33.4. The predicted molar refractivity (Wildman–Crippen MR) is 125 cm³/mol. The maximum atomic E-state index is 12.4. The zero-order valence-electron chi connectivity index (χ0n) is 18.8. The Morgan fingerprint density at radius 1 is 0.676 bits per heavy atom. The normalized spacial score (nSPS) is 11.1. The van der Waals surface area contributed by atoms with Gasteiger partial charge in [0.1, 0.15) is 24.5 Å². The largest absolute Gasteiger partial charge is 0.456 e. The molecule has 4 aromatic heterocycles. The molecule has 0 N–H and O–H groups in total. The summed E-state index contributed by atoms with van der Waals surface area (Å²) in [5.74, 6) is -0.965. The first kappa shape index (κ1) is 21.4. The molecule has 0 aliphatic heterocycles. The number of ether oxygens (including phenoxy) is 2. The van der Waals surface area contributed by atoms with Crippen molar-refractivity contribution < 1.29 is 19.1 Å². The number of hydrogen-bond donors (Lipinski definition) is 0. The molecule has 0 saturated carbocycles. The van der Waals surface area contributed by atoms with Crippen molar-refractivity contribution in [3.63, 3.8) is 0 Å². The van der Waals surface area contributed by atoms with Crippen LogP contribution in [0, 0.1) is 13.8 Å². The van der Waals surface area contributed by atoms with Crippen molar-refractivity contribution in [2.75, 3.05) is 0 Å². The van der Waals surface area contributed by atoms with Crippen LogP contribution in [0.4, 0.5) is 0 Å². The zero-order valence-corrected chi connectivity index (χ0v) is 18.8. The Bertz CT molecular complexity index is 1400. The van der Waals surface area contributed by atoms with E-state index in [0.717, 1.165) is 22.5 Å². The summed E-state index contributed by atoms with van der Waals surface area (Å²) in [6.45, 7) is 4.13. The molecule has 8 nitrogen and oxygen atoms in total. The molecule has 0 fully saturated rings. The van der Waals surface area contributed by atoms with E-state index >= 15 is 0 Å². The minimum absolute atomic E-state index is 0.117. The average Bonchev–Trinajstić information content (AvgIpc) is 3.48. The van der Waals surface area contributed by atoms with Crippen molar-refractivity contribution in [3.8, 4) is 0 Å². The van der Waals surface area contributed by atoms with Gasteiger partial charge in [-0.05, 0) is 49.2 Å². The lowest BCUT2D eigenvalue weighted by Crippen LogP contribution is -2.07. The molecule has 34 heavy (non-hydrogen) atoms. The van der Waals surface area contributed by atoms with E-state index < -0.39 is 11.9 Å². The van der Waals surface area contributed by atoms with Gasteiger partial charge in [-0.1, -0.05) is 36.4 Å². The number of carbonyl (C=O) groups excluding carboxylic acids is 2. The average molecular weight is 454 g/mol. The van der Waals surface area contributed by atoms with Gasteiger partial charge in [0.15, 0.2) is 11.4 Å². The molecule has 0 spiro atoms. The maximum absolute atomic E-state index is 12.4. The molecule has 5 rings (SSSR count). The zero-order chi connectivity index (χ0) is 23.7. The summed E-state index contributed by atoms with van der Waals surface area (Å²) >= 11 is 0. The Morgan fingerprint density at radius 2 is 1.09 bits per heavy atom. The van der Waals surface area contributed by atoms with Crippen LogP contribution in [0.15, 0.2) is 73.1 Å². The van der Waals surface area contributed by atoms with Crippen molar-refractivity contribution >= 4 is 23.2 Å². The number of aryl methyl sites for hydroxylation is 2. The fourth-order valence-electron chi connectivity index (χ4n) is 3.67. The molecule has 170 valence electrons. The fourth-order valence-corrected chi connectivity index (χ4v) is 3.67. The van der Waals surface area contributed by atoms with Gasteiger partial charge in [-0.2, -0.15) is 0 Å².